The zero-order valence-corrected chi connectivity index (χ0v) is 18.7. The normalized spacial score (nSPS) is 14.3. The molecule has 3 aromatic carbocycles. The second kappa shape index (κ2) is 9.90. The Bertz CT molecular complexity index is 1210. The van der Waals surface area contributed by atoms with E-state index in [0.29, 0.717) is 45.0 Å². The third-order valence-electron chi connectivity index (χ3n) is 4.66. The van der Waals surface area contributed by atoms with Crippen LogP contribution in [-0.2, 0) is 16.2 Å². The van der Waals surface area contributed by atoms with Crippen LogP contribution in [0.2, 0.25) is 10.0 Å². The third kappa shape index (κ3) is 4.96. The summed E-state index contributed by atoms with van der Waals surface area (Å²) in [5.74, 6) is 0.360. The standard InChI is InChI=1S/C25H19Cl2NO4/c1-2-30-22-14-17(12-20-23(28-32-25(20)29)18-8-4-3-5-9-18)13-21(27)24(22)31-15-16-7-6-10-19(26)11-16/h3-14H,2,15H2,1H3/b20-12-. The van der Waals surface area contributed by atoms with Gasteiger partial charge in [0, 0.05) is 10.6 Å². The van der Waals surface area contributed by atoms with Crippen molar-refractivity contribution in [2.24, 2.45) is 5.16 Å². The molecule has 0 atom stereocenters. The number of ether oxygens (including phenoxy) is 2. The number of hydrogen-bond acceptors (Lipinski definition) is 5. The van der Waals surface area contributed by atoms with Gasteiger partial charge in [0.2, 0.25) is 0 Å². The molecule has 162 valence electrons. The number of benzene rings is 3. The van der Waals surface area contributed by atoms with Crippen molar-refractivity contribution in [1.29, 1.82) is 0 Å². The molecule has 3 aromatic rings. The van der Waals surface area contributed by atoms with Crippen LogP contribution in [0.25, 0.3) is 6.08 Å². The van der Waals surface area contributed by atoms with Gasteiger partial charge in [-0.2, -0.15) is 0 Å². The maximum absolute atomic E-state index is 12.3. The molecule has 0 saturated carbocycles. The van der Waals surface area contributed by atoms with Gasteiger partial charge >= 0.3 is 5.97 Å². The van der Waals surface area contributed by atoms with E-state index in [1.54, 1.807) is 24.3 Å². The van der Waals surface area contributed by atoms with Crippen molar-refractivity contribution in [1.82, 2.24) is 0 Å². The number of oxime groups is 1. The van der Waals surface area contributed by atoms with Gasteiger partial charge in [-0.05, 0) is 48.4 Å². The van der Waals surface area contributed by atoms with Crippen LogP contribution in [0.1, 0.15) is 23.6 Å². The Morgan fingerprint density at radius 3 is 2.56 bits per heavy atom. The largest absolute Gasteiger partial charge is 0.490 e. The van der Waals surface area contributed by atoms with Crippen molar-refractivity contribution < 1.29 is 19.1 Å². The Morgan fingerprint density at radius 2 is 1.81 bits per heavy atom. The number of halogens is 2. The van der Waals surface area contributed by atoms with Crippen LogP contribution in [-0.4, -0.2) is 18.3 Å². The summed E-state index contributed by atoms with van der Waals surface area (Å²) in [4.78, 5) is 17.2. The molecule has 0 saturated heterocycles. The molecule has 0 fully saturated rings. The monoisotopic (exact) mass is 467 g/mol. The molecule has 4 rings (SSSR count). The predicted molar refractivity (Wildman–Crippen MR) is 125 cm³/mol. The van der Waals surface area contributed by atoms with Crippen molar-refractivity contribution in [3.8, 4) is 11.5 Å². The summed E-state index contributed by atoms with van der Waals surface area (Å²) in [7, 11) is 0. The van der Waals surface area contributed by atoms with Crippen molar-refractivity contribution in [3.05, 3.63) is 99.0 Å². The number of nitrogens with zero attached hydrogens (tertiary/aromatic N) is 1. The molecule has 1 heterocycles. The first-order chi connectivity index (χ1) is 15.5. The van der Waals surface area contributed by atoms with E-state index >= 15 is 0 Å². The van der Waals surface area contributed by atoms with Crippen LogP contribution in [0.15, 0.2) is 77.5 Å². The van der Waals surface area contributed by atoms with Gasteiger partial charge in [-0.15, -0.1) is 0 Å². The molecule has 1 aliphatic heterocycles. The highest BCUT2D eigenvalue weighted by Gasteiger charge is 2.27. The summed E-state index contributed by atoms with van der Waals surface area (Å²) in [5.41, 5.74) is 3.14. The van der Waals surface area contributed by atoms with Crippen molar-refractivity contribution in [2.75, 3.05) is 6.61 Å². The quantitative estimate of drug-likeness (QED) is 0.301. The molecule has 0 unspecified atom stereocenters. The van der Waals surface area contributed by atoms with E-state index in [0.717, 1.165) is 11.1 Å². The van der Waals surface area contributed by atoms with Gasteiger partial charge in [-0.25, -0.2) is 4.79 Å². The number of rotatable bonds is 7. The molecule has 32 heavy (non-hydrogen) atoms. The lowest BCUT2D eigenvalue weighted by molar-refractivity contribution is -0.136. The SMILES string of the molecule is CCOc1cc(/C=C2\C(=O)ON=C2c2ccccc2)cc(Cl)c1OCc1cccc(Cl)c1. The summed E-state index contributed by atoms with van der Waals surface area (Å²) < 4.78 is 11.7. The molecule has 0 amide bonds. The summed E-state index contributed by atoms with van der Waals surface area (Å²) in [6, 6.07) is 20.2. The molecule has 0 aromatic heterocycles. The third-order valence-corrected chi connectivity index (χ3v) is 5.17. The van der Waals surface area contributed by atoms with E-state index in [-0.39, 0.29) is 6.61 Å². The van der Waals surface area contributed by atoms with Crippen molar-refractivity contribution in [2.45, 2.75) is 13.5 Å². The van der Waals surface area contributed by atoms with Gasteiger partial charge in [0.05, 0.1) is 17.2 Å². The molecule has 0 N–H and O–H groups in total. The zero-order chi connectivity index (χ0) is 22.5. The first kappa shape index (κ1) is 21.9. The molecule has 0 radical (unpaired) electrons. The predicted octanol–water partition coefficient (Wildman–Crippen LogP) is 6.32. The second-order valence-corrected chi connectivity index (χ2v) is 7.77. The van der Waals surface area contributed by atoms with Gasteiger partial charge in [0.25, 0.3) is 0 Å². The minimum atomic E-state index is -0.529. The van der Waals surface area contributed by atoms with Crippen LogP contribution < -0.4 is 9.47 Å². The highest BCUT2D eigenvalue weighted by atomic mass is 35.5. The number of carbonyl (C=O) groups excluding carboxylic acids is 1. The molecule has 0 bridgehead atoms. The highest BCUT2D eigenvalue weighted by Crippen LogP contribution is 2.38. The van der Waals surface area contributed by atoms with Gasteiger partial charge in [-0.1, -0.05) is 70.8 Å². The maximum atomic E-state index is 12.3. The van der Waals surface area contributed by atoms with Gasteiger partial charge in [-0.3, -0.25) is 0 Å². The lowest BCUT2D eigenvalue weighted by Crippen LogP contribution is -2.07. The van der Waals surface area contributed by atoms with E-state index in [1.807, 2.05) is 55.5 Å². The highest BCUT2D eigenvalue weighted by molar-refractivity contribution is 6.33. The smallest absolute Gasteiger partial charge is 0.368 e. The average molecular weight is 468 g/mol. The summed E-state index contributed by atoms with van der Waals surface area (Å²) in [6.07, 6.45) is 1.68. The van der Waals surface area contributed by atoms with E-state index in [4.69, 9.17) is 37.5 Å². The second-order valence-electron chi connectivity index (χ2n) is 6.92. The van der Waals surface area contributed by atoms with Crippen LogP contribution in [0.4, 0.5) is 0 Å². The van der Waals surface area contributed by atoms with Crippen LogP contribution in [0, 0.1) is 0 Å². The van der Waals surface area contributed by atoms with E-state index < -0.39 is 5.97 Å². The van der Waals surface area contributed by atoms with Crippen molar-refractivity contribution >= 4 is 41.0 Å². The Labute approximate surface area is 195 Å². The topological polar surface area (TPSA) is 57.1 Å². The lowest BCUT2D eigenvalue weighted by atomic mass is 10.0. The zero-order valence-electron chi connectivity index (χ0n) is 17.2. The van der Waals surface area contributed by atoms with Crippen LogP contribution in [0.3, 0.4) is 0 Å². The Kier molecular flexibility index (Phi) is 6.78. The fourth-order valence-electron chi connectivity index (χ4n) is 3.24. The number of carbonyl (C=O) groups is 1. The van der Waals surface area contributed by atoms with Crippen molar-refractivity contribution in [3.63, 3.8) is 0 Å². The maximum Gasteiger partial charge on any atom is 0.368 e. The minimum absolute atomic E-state index is 0.276. The first-order valence-electron chi connectivity index (χ1n) is 9.95. The first-order valence-corrected chi connectivity index (χ1v) is 10.7. The fourth-order valence-corrected chi connectivity index (χ4v) is 3.72. The molecule has 0 aliphatic carbocycles. The van der Waals surface area contributed by atoms with E-state index in [2.05, 4.69) is 5.16 Å². The fraction of sp³-hybridized carbons (Fsp3) is 0.120. The lowest BCUT2D eigenvalue weighted by Gasteiger charge is -2.15. The Hall–Kier alpha value is -3.28. The van der Waals surface area contributed by atoms with Gasteiger partial charge in [0.15, 0.2) is 11.5 Å². The molecular weight excluding hydrogens is 449 g/mol. The number of hydrogen-bond donors (Lipinski definition) is 0. The molecule has 7 heteroatoms. The van der Waals surface area contributed by atoms with Gasteiger partial charge in [0.1, 0.15) is 12.3 Å². The molecule has 0 spiro atoms. The van der Waals surface area contributed by atoms with E-state index in [1.165, 1.54) is 0 Å². The minimum Gasteiger partial charge on any atom is -0.490 e. The summed E-state index contributed by atoms with van der Waals surface area (Å²) in [6.45, 7) is 2.56. The Morgan fingerprint density at radius 1 is 1.00 bits per heavy atom. The molecule has 1 aliphatic rings. The van der Waals surface area contributed by atoms with Gasteiger partial charge < -0.3 is 14.3 Å². The van der Waals surface area contributed by atoms with Crippen LogP contribution >= 0.6 is 23.2 Å². The average Bonchev–Trinajstić information content (AvgIpc) is 3.14. The summed E-state index contributed by atoms with van der Waals surface area (Å²) in [5, 5.41) is 4.92. The van der Waals surface area contributed by atoms with E-state index in [9.17, 15) is 4.79 Å². The molecule has 5 nitrogen and oxygen atoms in total. The Balaban J connectivity index is 1.65. The summed E-state index contributed by atoms with van der Waals surface area (Å²) >= 11 is 12.6. The molecular formula is C25H19Cl2NO4. The van der Waals surface area contributed by atoms with Crippen LogP contribution in [0.5, 0.6) is 11.5 Å².